The second-order valence-corrected chi connectivity index (χ2v) is 11.4. The van der Waals surface area contributed by atoms with Gasteiger partial charge in [0.25, 0.3) is 0 Å². The molecule has 0 saturated carbocycles. The molecule has 2 rings (SSSR count). The van der Waals surface area contributed by atoms with Gasteiger partial charge in [-0.3, -0.25) is 13.9 Å². The van der Waals surface area contributed by atoms with Crippen molar-refractivity contribution in [3.05, 3.63) is 63.1 Å². The minimum atomic E-state index is -3.92. The molecule has 11 heteroatoms. The zero-order chi connectivity index (χ0) is 26.3. The number of carbonyl (C=O) groups excluding carboxylic acids is 2. The van der Waals surface area contributed by atoms with Crippen molar-refractivity contribution in [1.82, 2.24) is 10.2 Å². The Morgan fingerprint density at radius 1 is 1.00 bits per heavy atom. The number of benzene rings is 2. The minimum Gasteiger partial charge on any atom is -0.352 e. The molecule has 0 aliphatic rings. The fourth-order valence-electron chi connectivity index (χ4n) is 3.43. The van der Waals surface area contributed by atoms with E-state index in [1.165, 1.54) is 17.0 Å². The molecule has 0 bridgehead atoms. The summed E-state index contributed by atoms with van der Waals surface area (Å²) < 4.78 is 26.2. The Morgan fingerprint density at radius 3 is 2.17 bits per heavy atom. The fourth-order valence-corrected chi connectivity index (χ4v) is 4.85. The largest absolute Gasteiger partial charge is 0.352 e. The highest BCUT2D eigenvalue weighted by molar-refractivity contribution is 7.92. The van der Waals surface area contributed by atoms with Crippen molar-refractivity contribution in [2.24, 2.45) is 0 Å². The zero-order valence-corrected chi connectivity index (χ0v) is 23.2. The summed E-state index contributed by atoms with van der Waals surface area (Å²) in [5, 5.41) is 3.62. The van der Waals surface area contributed by atoms with Crippen molar-refractivity contribution in [3.8, 4) is 0 Å². The minimum absolute atomic E-state index is 0.0122. The van der Waals surface area contributed by atoms with Crippen molar-refractivity contribution in [2.45, 2.75) is 52.2 Å². The van der Waals surface area contributed by atoms with E-state index >= 15 is 0 Å². The van der Waals surface area contributed by atoms with E-state index in [4.69, 9.17) is 34.8 Å². The monoisotopic (exact) mass is 561 g/mol. The number of hydrogen-bond donors (Lipinski definition) is 1. The predicted molar refractivity (Wildman–Crippen MR) is 143 cm³/mol. The molecular formula is C24H30Cl3N3O4S. The van der Waals surface area contributed by atoms with Crippen LogP contribution in [0.5, 0.6) is 0 Å². The van der Waals surface area contributed by atoms with E-state index in [-0.39, 0.29) is 34.2 Å². The van der Waals surface area contributed by atoms with Gasteiger partial charge < -0.3 is 10.2 Å². The first-order valence-electron chi connectivity index (χ1n) is 11.1. The summed E-state index contributed by atoms with van der Waals surface area (Å²) >= 11 is 18.4. The van der Waals surface area contributed by atoms with Crippen LogP contribution in [0.2, 0.25) is 15.1 Å². The first-order valence-corrected chi connectivity index (χ1v) is 14.1. The van der Waals surface area contributed by atoms with E-state index in [0.717, 1.165) is 22.5 Å². The van der Waals surface area contributed by atoms with Crippen LogP contribution >= 0.6 is 34.8 Å². The van der Waals surface area contributed by atoms with Gasteiger partial charge in [-0.1, -0.05) is 66.8 Å². The lowest BCUT2D eigenvalue weighted by atomic mass is 10.1. The number of nitrogens with zero attached hydrogens (tertiary/aromatic N) is 2. The third-order valence-corrected chi connectivity index (χ3v) is 7.72. The summed E-state index contributed by atoms with van der Waals surface area (Å²) in [7, 11) is -3.92. The molecule has 0 aromatic heterocycles. The third kappa shape index (κ3) is 8.00. The van der Waals surface area contributed by atoms with Gasteiger partial charge in [-0.25, -0.2) is 8.42 Å². The highest BCUT2D eigenvalue weighted by Gasteiger charge is 2.32. The normalized spacial score (nSPS) is 13.1. The summed E-state index contributed by atoms with van der Waals surface area (Å²) in [4.78, 5) is 28.1. The maximum absolute atomic E-state index is 13.6. The molecule has 0 aliphatic carbocycles. The molecule has 0 aliphatic heterocycles. The molecule has 7 nitrogen and oxygen atoms in total. The highest BCUT2D eigenvalue weighted by Crippen LogP contribution is 2.33. The number of hydrogen-bond acceptors (Lipinski definition) is 4. The summed E-state index contributed by atoms with van der Waals surface area (Å²) in [6.45, 7) is 5.15. The number of halogens is 3. The summed E-state index contributed by atoms with van der Waals surface area (Å²) in [5.74, 6) is -0.872. The predicted octanol–water partition coefficient (Wildman–Crippen LogP) is 5.13. The van der Waals surface area contributed by atoms with E-state index in [1.54, 1.807) is 37.3 Å². The van der Waals surface area contributed by atoms with Crippen LogP contribution in [0.4, 0.5) is 5.69 Å². The lowest BCUT2D eigenvalue weighted by Gasteiger charge is -2.33. The lowest BCUT2D eigenvalue weighted by molar-refractivity contribution is -0.140. The molecule has 0 heterocycles. The SMILES string of the molecule is CC[C@H](C)NC(=O)[C@H](CC)N(Cc1ccc(Cl)cc1)C(=O)CN(c1cccc(Cl)c1Cl)S(C)(=O)=O. The quantitative estimate of drug-likeness (QED) is 0.411. The van der Waals surface area contributed by atoms with Gasteiger partial charge in [0.05, 0.1) is 22.0 Å². The second kappa shape index (κ2) is 12.8. The van der Waals surface area contributed by atoms with Crippen LogP contribution in [0.3, 0.4) is 0 Å². The van der Waals surface area contributed by atoms with E-state index in [0.29, 0.717) is 11.4 Å². The molecule has 0 unspecified atom stereocenters. The molecule has 0 spiro atoms. The van der Waals surface area contributed by atoms with Crippen LogP contribution in [-0.2, 0) is 26.2 Å². The van der Waals surface area contributed by atoms with E-state index < -0.39 is 28.5 Å². The molecular weight excluding hydrogens is 533 g/mol. The first-order chi connectivity index (χ1) is 16.4. The Morgan fingerprint density at radius 2 is 1.63 bits per heavy atom. The molecule has 0 radical (unpaired) electrons. The number of amides is 2. The molecule has 2 aromatic rings. The van der Waals surface area contributed by atoms with Gasteiger partial charge in [-0.05, 0) is 49.6 Å². The molecule has 35 heavy (non-hydrogen) atoms. The van der Waals surface area contributed by atoms with Gasteiger partial charge in [-0.15, -0.1) is 0 Å². The molecule has 2 amide bonds. The van der Waals surface area contributed by atoms with Crippen molar-refractivity contribution in [3.63, 3.8) is 0 Å². The first kappa shape index (κ1) is 29.2. The Labute approximate surface area is 222 Å². The highest BCUT2D eigenvalue weighted by atomic mass is 35.5. The van der Waals surface area contributed by atoms with E-state index in [9.17, 15) is 18.0 Å². The fraction of sp³-hybridized carbons (Fsp3) is 0.417. The number of carbonyl (C=O) groups is 2. The Kier molecular flexibility index (Phi) is 10.7. The van der Waals surface area contributed by atoms with E-state index in [1.807, 2.05) is 13.8 Å². The van der Waals surface area contributed by atoms with Gasteiger partial charge in [0.15, 0.2) is 0 Å². The molecule has 1 N–H and O–H groups in total. The average molecular weight is 563 g/mol. The van der Waals surface area contributed by atoms with Crippen molar-refractivity contribution in [2.75, 3.05) is 17.1 Å². The van der Waals surface area contributed by atoms with Gasteiger partial charge in [0, 0.05) is 17.6 Å². The average Bonchev–Trinajstić information content (AvgIpc) is 2.79. The van der Waals surface area contributed by atoms with Gasteiger partial charge in [-0.2, -0.15) is 0 Å². The van der Waals surface area contributed by atoms with Crippen LogP contribution in [-0.4, -0.2) is 50.0 Å². The van der Waals surface area contributed by atoms with Gasteiger partial charge in [0.2, 0.25) is 21.8 Å². The molecule has 192 valence electrons. The number of nitrogens with one attached hydrogen (secondary N) is 1. The third-order valence-electron chi connectivity index (χ3n) is 5.53. The van der Waals surface area contributed by atoms with Crippen LogP contribution < -0.4 is 9.62 Å². The van der Waals surface area contributed by atoms with E-state index in [2.05, 4.69) is 5.32 Å². The summed E-state index contributed by atoms with van der Waals surface area (Å²) in [5.41, 5.74) is 0.822. The maximum atomic E-state index is 13.6. The second-order valence-electron chi connectivity index (χ2n) is 8.23. The number of sulfonamides is 1. The lowest BCUT2D eigenvalue weighted by Crippen LogP contribution is -2.53. The van der Waals surface area contributed by atoms with Crippen molar-refractivity contribution in [1.29, 1.82) is 0 Å². The molecule has 2 atom stereocenters. The van der Waals surface area contributed by atoms with Crippen LogP contribution in [0.15, 0.2) is 42.5 Å². The van der Waals surface area contributed by atoms with Crippen molar-refractivity contribution >= 4 is 62.3 Å². The Bertz CT molecular complexity index is 1140. The standard InChI is InChI=1S/C24H30Cl3N3O4S/c1-5-16(3)28-24(32)20(6-2)29(14-17-10-12-18(25)13-11-17)22(31)15-30(35(4,33)34)21-9-7-8-19(26)23(21)27/h7-13,16,20H,5-6,14-15H2,1-4H3,(H,28,32)/t16-,20-/m0/s1. The van der Waals surface area contributed by atoms with Crippen molar-refractivity contribution < 1.29 is 18.0 Å². The number of rotatable bonds is 11. The summed E-state index contributed by atoms with van der Waals surface area (Å²) in [6.07, 6.45) is 2.04. The molecule has 0 saturated heterocycles. The van der Waals surface area contributed by atoms with Gasteiger partial charge >= 0.3 is 0 Å². The Balaban J connectivity index is 2.47. The molecule has 0 fully saturated rings. The molecule has 2 aromatic carbocycles. The van der Waals surface area contributed by atoms with Crippen LogP contribution in [0.1, 0.15) is 39.2 Å². The maximum Gasteiger partial charge on any atom is 0.244 e. The Hall–Kier alpha value is -2.00. The van der Waals surface area contributed by atoms with Crippen LogP contribution in [0, 0.1) is 0 Å². The smallest absolute Gasteiger partial charge is 0.244 e. The zero-order valence-electron chi connectivity index (χ0n) is 20.1. The summed E-state index contributed by atoms with van der Waals surface area (Å²) in [6, 6.07) is 10.5. The topological polar surface area (TPSA) is 86.8 Å². The van der Waals surface area contributed by atoms with Gasteiger partial charge in [0.1, 0.15) is 12.6 Å². The number of anilines is 1. The van der Waals surface area contributed by atoms with Crippen LogP contribution in [0.25, 0.3) is 0 Å².